The quantitative estimate of drug-likeness (QED) is 0.508. The molecule has 148 valence electrons. The van der Waals surface area contributed by atoms with Crippen LogP contribution in [0.25, 0.3) is 22.0 Å². The Bertz CT molecular complexity index is 1190. The minimum atomic E-state index is -1.10. The van der Waals surface area contributed by atoms with Gasteiger partial charge < -0.3 is 10.4 Å². The molecule has 1 amide bonds. The molecule has 0 unspecified atom stereocenters. The summed E-state index contributed by atoms with van der Waals surface area (Å²) in [6.07, 6.45) is 0.105. The largest absolute Gasteiger partial charge is 0.480 e. The maximum Gasteiger partial charge on any atom is 0.326 e. The van der Waals surface area contributed by atoms with Crippen LogP contribution in [0.2, 0.25) is 0 Å². The Balaban J connectivity index is 1.48. The number of carboxylic acids is 1. The molecule has 1 atom stereocenters. The third-order valence-corrected chi connectivity index (χ3v) is 4.93. The molecule has 5 heteroatoms. The zero-order valence-corrected chi connectivity index (χ0v) is 16.2. The van der Waals surface area contributed by atoms with Crippen molar-refractivity contribution in [3.8, 4) is 11.1 Å². The number of carbonyl (C=O) groups excluding carboxylic acids is 1. The van der Waals surface area contributed by atoms with Crippen LogP contribution in [0, 0.1) is 0 Å². The molecule has 3 aromatic carbocycles. The highest BCUT2D eigenvalue weighted by atomic mass is 16.4. The Morgan fingerprint density at radius 2 is 1.47 bits per heavy atom. The van der Waals surface area contributed by atoms with Crippen molar-refractivity contribution < 1.29 is 14.7 Å². The number of pyridine rings is 1. The van der Waals surface area contributed by atoms with Crippen LogP contribution in [0.1, 0.15) is 16.1 Å². The maximum atomic E-state index is 12.6. The number of nitrogens with one attached hydrogen (secondary N) is 1. The van der Waals surface area contributed by atoms with Crippen molar-refractivity contribution in [1.82, 2.24) is 10.3 Å². The molecule has 0 fully saturated rings. The summed E-state index contributed by atoms with van der Waals surface area (Å²) in [7, 11) is 0. The molecule has 1 heterocycles. The van der Waals surface area contributed by atoms with Crippen molar-refractivity contribution in [2.24, 2.45) is 0 Å². The van der Waals surface area contributed by atoms with Gasteiger partial charge in [0.15, 0.2) is 0 Å². The van der Waals surface area contributed by atoms with Crippen LogP contribution < -0.4 is 5.32 Å². The number of aliphatic carboxylic acids is 1. The van der Waals surface area contributed by atoms with E-state index in [1.54, 1.807) is 18.2 Å². The van der Waals surface area contributed by atoms with Crippen LogP contribution in [-0.2, 0) is 11.2 Å². The fourth-order valence-electron chi connectivity index (χ4n) is 3.32. The molecular formula is C25H20N2O3. The van der Waals surface area contributed by atoms with E-state index in [0.717, 1.165) is 22.0 Å². The molecule has 30 heavy (non-hydrogen) atoms. The highest BCUT2D eigenvalue weighted by Crippen LogP contribution is 2.19. The Kier molecular flexibility index (Phi) is 5.52. The second-order valence-electron chi connectivity index (χ2n) is 7.01. The lowest BCUT2D eigenvalue weighted by molar-refractivity contribution is -0.139. The third kappa shape index (κ3) is 4.36. The number of carbonyl (C=O) groups is 2. The highest BCUT2D eigenvalue weighted by Gasteiger charge is 2.22. The first-order chi connectivity index (χ1) is 14.6. The molecule has 4 rings (SSSR count). The third-order valence-electron chi connectivity index (χ3n) is 4.93. The number of hydrogen-bond acceptors (Lipinski definition) is 3. The fraction of sp³-hybridized carbons (Fsp3) is 0.0800. The summed E-state index contributed by atoms with van der Waals surface area (Å²) in [4.78, 5) is 28.9. The first-order valence-electron chi connectivity index (χ1n) is 9.64. The SMILES string of the molecule is O=C(N[C@H](Cc1ccc2ccccc2n1)C(=O)O)c1ccc(-c2ccccc2)cc1. The van der Waals surface area contributed by atoms with Crippen LogP contribution in [0.15, 0.2) is 91.0 Å². The van der Waals surface area contributed by atoms with Crippen molar-refractivity contribution in [3.05, 3.63) is 102 Å². The first kappa shape index (κ1) is 19.3. The Morgan fingerprint density at radius 1 is 0.800 bits per heavy atom. The van der Waals surface area contributed by atoms with Crippen molar-refractivity contribution in [2.45, 2.75) is 12.5 Å². The molecule has 5 nitrogen and oxygen atoms in total. The van der Waals surface area contributed by atoms with E-state index in [4.69, 9.17) is 0 Å². The number of hydrogen-bond donors (Lipinski definition) is 2. The normalized spacial score (nSPS) is 11.7. The second kappa shape index (κ2) is 8.57. The molecule has 0 saturated carbocycles. The summed E-state index contributed by atoms with van der Waals surface area (Å²) >= 11 is 0. The molecular weight excluding hydrogens is 376 g/mol. The number of fused-ring (bicyclic) bond motifs is 1. The van der Waals surface area contributed by atoms with E-state index in [9.17, 15) is 14.7 Å². The van der Waals surface area contributed by atoms with Gasteiger partial charge in [-0.3, -0.25) is 9.78 Å². The zero-order valence-electron chi connectivity index (χ0n) is 16.2. The van der Waals surface area contributed by atoms with Crippen LogP contribution in [0.3, 0.4) is 0 Å². The van der Waals surface area contributed by atoms with E-state index in [1.807, 2.05) is 72.8 Å². The monoisotopic (exact) mass is 396 g/mol. The van der Waals surface area contributed by atoms with E-state index < -0.39 is 17.9 Å². The predicted octanol–water partition coefficient (Wildman–Crippen LogP) is 4.33. The molecule has 0 aliphatic carbocycles. The van der Waals surface area contributed by atoms with Gasteiger partial charge in [0.1, 0.15) is 6.04 Å². The second-order valence-corrected chi connectivity index (χ2v) is 7.01. The van der Waals surface area contributed by atoms with E-state index in [0.29, 0.717) is 11.3 Å². The molecule has 0 aliphatic heterocycles. The number of carboxylic acid groups (broad SMARTS) is 1. The van der Waals surface area contributed by atoms with Gasteiger partial charge in [-0.05, 0) is 35.4 Å². The number of rotatable bonds is 6. The van der Waals surface area contributed by atoms with Gasteiger partial charge in [0.05, 0.1) is 5.52 Å². The van der Waals surface area contributed by atoms with Crippen LogP contribution in [-0.4, -0.2) is 28.0 Å². The summed E-state index contributed by atoms with van der Waals surface area (Å²) in [5, 5.41) is 13.2. The zero-order chi connectivity index (χ0) is 20.9. The van der Waals surface area contributed by atoms with Gasteiger partial charge in [-0.1, -0.05) is 66.7 Å². The molecule has 0 aliphatic rings. The summed E-state index contributed by atoms with van der Waals surface area (Å²) in [6, 6.07) is 27.2. The van der Waals surface area contributed by atoms with Gasteiger partial charge in [-0.2, -0.15) is 0 Å². The summed E-state index contributed by atoms with van der Waals surface area (Å²) in [5.41, 5.74) is 3.85. The van der Waals surface area contributed by atoms with Crippen LogP contribution in [0.4, 0.5) is 0 Å². The number of para-hydroxylation sites is 1. The maximum absolute atomic E-state index is 12.6. The smallest absolute Gasteiger partial charge is 0.326 e. The highest BCUT2D eigenvalue weighted by molar-refractivity contribution is 5.97. The van der Waals surface area contributed by atoms with Gasteiger partial charge in [0.2, 0.25) is 0 Å². The van der Waals surface area contributed by atoms with Crippen LogP contribution >= 0.6 is 0 Å². The minimum Gasteiger partial charge on any atom is -0.480 e. The molecule has 0 bridgehead atoms. The molecule has 0 saturated heterocycles. The lowest BCUT2D eigenvalue weighted by Gasteiger charge is -2.15. The summed E-state index contributed by atoms with van der Waals surface area (Å²) < 4.78 is 0. The first-order valence-corrected chi connectivity index (χ1v) is 9.64. The molecule has 0 radical (unpaired) electrons. The average Bonchev–Trinajstić information content (AvgIpc) is 2.79. The lowest BCUT2D eigenvalue weighted by atomic mass is 10.0. The van der Waals surface area contributed by atoms with Gasteiger partial charge in [-0.25, -0.2) is 4.79 Å². The van der Waals surface area contributed by atoms with E-state index >= 15 is 0 Å². The average molecular weight is 396 g/mol. The standard InChI is InChI=1S/C25H20N2O3/c28-24(20-12-10-18(11-13-20)17-6-2-1-3-7-17)27-23(25(29)30)16-21-15-14-19-8-4-5-9-22(19)26-21/h1-15,23H,16H2,(H,27,28)(H,29,30)/t23-/m1/s1. The van der Waals surface area contributed by atoms with Crippen molar-refractivity contribution in [2.75, 3.05) is 0 Å². The number of benzene rings is 3. The lowest BCUT2D eigenvalue weighted by Crippen LogP contribution is -2.42. The van der Waals surface area contributed by atoms with Crippen molar-refractivity contribution >= 4 is 22.8 Å². The molecule has 4 aromatic rings. The Labute approximate surface area is 174 Å². The molecule has 0 spiro atoms. The predicted molar refractivity (Wildman–Crippen MR) is 116 cm³/mol. The van der Waals surface area contributed by atoms with Gasteiger partial charge in [0.25, 0.3) is 5.91 Å². The fourth-order valence-corrected chi connectivity index (χ4v) is 3.32. The topological polar surface area (TPSA) is 79.3 Å². The minimum absolute atomic E-state index is 0.105. The molecule has 1 aromatic heterocycles. The van der Waals surface area contributed by atoms with E-state index in [2.05, 4.69) is 10.3 Å². The Hall–Kier alpha value is -3.99. The number of amides is 1. The molecule has 2 N–H and O–H groups in total. The summed E-state index contributed by atoms with van der Waals surface area (Å²) in [6.45, 7) is 0. The Morgan fingerprint density at radius 3 is 2.20 bits per heavy atom. The van der Waals surface area contributed by atoms with Crippen LogP contribution in [0.5, 0.6) is 0 Å². The number of aromatic nitrogens is 1. The number of nitrogens with zero attached hydrogens (tertiary/aromatic N) is 1. The van der Waals surface area contributed by atoms with Gasteiger partial charge in [0, 0.05) is 23.1 Å². The van der Waals surface area contributed by atoms with Gasteiger partial charge in [-0.15, -0.1) is 0 Å². The van der Waals surface area contributed by atoms with E-state index in [-0.39, 0.29) is 6.42 Å². The van der Waals surface area contributed by atoms with Crippen molar-refractivity contribution in [3.63, 3.8) is 0 Å². The van der Waals surface area contributed by atoms with Gasteiger partial charge >= 0.3 is 5.97 Å². The van der Waals surface area contributed by atoms with Crippen molar-refractivity contribution in [1.29, 1.82) is 0 Å². The summed E-state index contributed by atoms with van der Waals surface area (Å²) in [5.74, 6) is -1.53. The van der Waals surface area contributed by atoms with E-state index in [1.165, 1.54) is 0 Å².